The summed E-state index contributed by atoms with van der Waals surface area (Å²) >= 11 is 0. The molecule has 74 valence electrons. The number of aliphatic carboxylic acids is 2. The summed E-state index contributed by atoms with van der Waals surface area (Å²) in [5, 5.41) is 14.8. The number of hydrogen-bond acceptors (Lipinski definition) is 4. The smallest absolute Gasteiger partial charge is 0.414 e. The highest BCUT2D eigenvalue weighted by atomic mass is 16.4. The van der Waals surface area contributed by atoms with E-state index in [1.54, 1.807) is 0 Å². The van der Waals surface area contributed by atoms with Crippen molar-refractivity contribution < 1.29 is 29.4 Å². The van der Waals surface area contributed by atoms with Crippen molar-refractivity contribution in [3.63, 3.8) is 0 Å². The number of carbonyl (C=O) groups excluding carboxylic acids is 2. The van der Waals surface area contributed by atoms with E-state index < -0.39 is 11.9 Å². The molecule has 1 aliphatic rings. The third-order valence-electron chi connectivity index (χ3n) is 1.01. The minimum atomic E-state index is -1.82. The molecule has 1 rings (SSSR count). The van der Waals surface area contributed by atoms with Crippen LogP contribution in [0.15, 0.2) is 24.3 Å². The molecule has 0 heterocycles. The Bertz CT molecular complexity index is 286. The number of ketones is 2. The number of carbonyl (C=O) groups is 4. The van der Waals surface area contributed by atoms with Gasteiger partial charge in [-0.1, -0.05) is 0 Å². The zero-order chi connectivity index (χ0) is 11.1. The van der Waals surface area contributed by atoms with Gasteiger partial charge in [-0.25, -0.2) is 9.59 Å². The van der Waals surface area contributed by atoms with Crippen molar-refractivity contribution in [2.45, 2.75) is 0 Å². The summed E-state index contributed by atoms with van der Waals surface area (Å²) in [6.07, 6.45) is 5.01. The van der Waals surface area contributed by atoms with Gasteiger partial charge in [0.1, 0.15) is 0 Å². The Kier molecular flexibility index (Phi) is 4.55. The molecular weight excluding hydrogens is 192 g/mol. The van der Waals surface area contributed by atoms with Crippen LogP contribution in [-0.2, 0) is 19.2 Å². The predicted octanol–water partition coefficient (Wildman–Crippen LogP) is -0.594. The van der Waals surface area contributed by atoms with Gasteiger partial charge in [0.05, 0.1) is 0 Å². The van der Waals surface area contributed by atoms with Crippen molar-refractivity contribution >= 4 is 23.5 Å². The molecule has 14 heavy (non-hydrogen) atoms. The lowest BCUT2D eigenvalue weighted by Crippen LogP contribution is -2.09. The van der Waals surface area contributed by atoms with Gasteiger partial charge in [0.2, 0.25) is 0 Å². The van der Waals surface area contributed by atoms with Crippen molar-refractivity contribution in [1.82, 2.24) is 0 Å². The highest BCUT2D eigenvalue weighted by molar-refractivity contribution is 6.27. The largest absolute Gasteiger partial charge is 0.473 e. The number of carboxylic acid groups (broad SMARTS) is 2. The SMILES string of the molecule is O=C(O)C(=O)O.O=C1C=CC(=O)C=C1. The van der Waals surface area contributed by atoms with E-state index in [1.165, 1.54) is 24.3 Å². The maximum absolute atomic E-state index is 10.3. The van der Waals surface area contributed by atoms with Gasteiger partial charge >= 0.3 is 11.9 Å². The number of rotatable bonds is 0. The minimum absolute atomic E-state index is 0.121. The molecule has 0 atom stereocenters. The number of hydrogen-bond donors (Lipinski definition) is 2. The zero-order valence-corrected chi connectivity index (χ0v) is 6.84. The predicted molar refractivity (Wildman–Crippen MR) is 43.6 cm³/mol. The molecule has 2 N–H and O–H groups in total. The summed E-state index contributed by atoms with van der Waals surface area (Å²) in [6.45, 7) is 0. The summed E-state index contributed by atoms with van der Waals surface area (Å²) in [5.74, 6) is -3.89. The van der Waals surface area contributed by atoms with Crippen LogP contribution in [0.1, 0.15) is 0 Å². The topological polar surface area (TPSA) is 109 Å². The first-order valence-corrected chi connectivity index (χ1v) is 3.34. The fourth-order valence-corrected chi connectivity index (χ4v) is 0.440. The molecule has 0 fully saturated rings. The Hall–Kier alpha value is -2.24. The van der Waals surface area contributed by atoms with E-state index >= 15 is 0 Å². The molecule has 0 spiro atoms. The molecule has 1 aliphatic carbocycles. The van der Waals surface area contributed by atoms with Gasteiger partial charge in [0.15, 0.2) is 11.6 Å². The van der Waals surface area contributed by atoms with E-state index in [-0.39, 0.29) is 11.6 Å². The van der Waals surface area contributed by atoms with E-state index in [9.17, 15) is 9.59 Å². The summed E-state index contributed by atoms with van der Waals surface area (Å²) < 4.78 is 0. The summed E-state index contributed by atoms with van der Waals surface area (Å²) in [6, 6.07) is 0. The van der Waals surface area contributed by atoms with Gasteiger partial charge in [-0.3, -0.25) is 9.59 Å². The van der Waals surface area contributed by atoms with Crippen LogP contribution in [0.25, 0.3) is 0 Å². The van der Waals surface area contributed by atoms with Gasteiger partial charge in [0, 0.05) is 0 Å². The molecule has 0 radical (unpaired) electrons. The van der Waals surface area contributed by atoms with Gasteiger partial charge in [-0.05, 0) is 24.3 Å². The standard InChI is InChI=1S/C6H4O2.C2H2O4/c7-5-1-2-6(8)4-3-5;3-1(4)2(5)6/h1-4H;(H,3,4)(H,5,6). The van der Waals surface area contributed by atoms with Crippen molar-refractivity contribution in [3.8, 4) is 0 Å². The monoisotopic (exact) mass is 198 g/mol. The van der Waals surface area contributed by atoms with E-state index in [1.807, 2.05) is 0 Å². The third-order valence-corrected chi connectivity index (χ3v) is 1.01. The fraction of sp³-hybridized carbons (Fsp3) is 0. The van der Waals surface area contributed by atoms with Crippen LogP contribution in [0.5, 0.6) is 0 Å². The van der Waals surface area contributed by atoms with Crippen LogP contribution in [0.4, 0.5) is 0 Å². The fourth-order valence-electron chi connectivity index (χ4n) is 0.440. The van der Waals surface area contributed by atoms with Crippen LogP contribution in [-0.4, -0.2) is 33.7 Å². The van der Waals surface area contributed by atoms with Gasteiger partial charge < -0.3 is 10.2 Å². The van der Waals surface area contributed by atoms with Gasteiger partial charge in [-0.15, -0.1) is 0 Å². The molecule has 0 amide bonds. The molecule has 0 unspecified atom stereocenters. The molecule has 0 aliphatic heterocycles. The van der Waals surface area contributed by atoms with E-state index in [0.717, 1.165) is 0 Å². The Morgan fingerprint density at radius 2 is 1.00 bits per heavy atom. The zero-order valence-electron chi connectivity index (χ0n) is 6.84. The lowest BCUT2D eigenvalue weighted by molar-refractivity contribution is -0.159. The Morgan fingerprint density at radius 1 is 0.786 bits per heavy atom. The summed E-state index contributed by atoms with van der Waals surface area (Å²) in [5.41, 5.74) is 0. The van der Waals surface area contributed by atoms with Crippen molar-refractivity contribution in [2.75, 3.05) is 0 Å². The summed E-state index contributed by atoms with van der Waals surface area (Å²) in [4.78, 5) is 38.8. The molecule has 0 aromatic heterocycles. The first-order valence-electron chi connectivity index (χ1n) is 3.34. The molecule has 0 saturated heterocycles. The number of allylic oxidation sites excluding steroid dienone is 4. The highest BCUT2D eigenvalue weighted by Crippen LogP contribution is 1.90. The maximum atomic E-state index is 10.3. The van der Waals surface area contributed by atoms with Crippen LogP contribution < -0.4 is 0 Å². The van der Waals surface area contributed by atoms with Crippen LogP contribution >= 0.6 is 0 Å². The van der Waals surface area contributed by atoms with Gasteiger partial charge in [0.25, 0.3) is 0 Å². The summed E-state index contributed by atoms with van der Waals surface area (Å²) in [7, 11) is 0. The van der Waals surface area contributed by atoms with Crippen LogP contribution in [0.2, 0.25) is 0 Å². The molecular formula is C8H6O6. The van der Waals surface area contributed by atoms with Crippen molar-refractivity contribution in [1.29, 1.82) is 0 Å². The quantitative estimate of drug-likeness (QED) is 0.397. The second-order valence-corrected chi connectivity index (χ2v) is 2.08. The van der Waals surface area contributed by atoms with Crippen LogP contribution in [0.3, 0.4) is 0 Å². The third kappa shape index (κ3) is 5.42. The van der Waals surface area contributed by atoms with E-state index in [0.29, 0.717) is 0 Å². The maximum Gasteiger partial charge on any atom is 0.414 e. The first kappa shape index (κ1) is 11.8. The van der Waals surface area contributed by atoms with Crippen LogP contribution in [0, 0.1) is 0 Å². The van der Waals surface area contributed by atoms with Gasteiger partial charge in [-0.2, -0.15) is 0 Å². The Morgan fingerprint density at radius 3 is 1.14 bits per heavy atom. The molecule has 6 heteroatoms. The lowest BCUT2D eigenvalue weighted by Gasteiger charge is -1.87. The average molecular weight is 198 g/mol. The van der Waals surface area contributed by atoms with E-state index in [4.69, 9.17) is 19.8 Å². The molecule has 6 nitrogen and oxygen atoms in total. The van der Waals surface area contributed by atoms with Crippen molar-refractivity contribution in [2.24, 2.45) is 0 Å². The van der Waals surface area contributed by atoms with Crippen molar-refractivity contribution in [3.05, 3.63) is 24.3 Å². The molecule has 0 saturated carbocycles. The second-order valence-electron chi connectivity index (χ2n) is 2.08. The first-order chi connectivity index (χ1) is 6.43. The molecule has 0 aromatic rings. The normalized spacial score (nSPS) is 13.1. The van der Waals surface area contributed by atoms with E-state index in [2.05, 4.69) is 0 Å². The highest BCUT2D eigenvalue weighted by Gasteiger charge is 2.04. The number of carboxylic acids is 2. The Labute approximate surface area is 78.1 Å². The minimum Gasteiger partial charge on any atom is -0.473 e. The second kappa shape index (κ2) is 5.41. The lowest BCUT2D eigenvalue weighted by atomic mass is 10.2. The average Bonchev–Trinajstić information content (AvgIpc) is 2.11. The Balaban J connectivity index is 0.000000255. The molecule has 0 bridgehead atoms. The molecule has 0 aromatic carbocycles.